The van der Waals surface area contributed by atoms with E-state index in [-0.39, 0.29) is 11.3 Å². The summed E-state index contributed by atoms with van der Waals surface area (Å²) in [6.45, 7) is 2.24. The molecule has 0 unspecified atom stereocenters. The van der Waals surface area contributed by atoms with Crippen molar-refractivity contribution in [3.63, 3.8) is 0 Å². The Labute approximate surface area is 205 Å². The molecule has 0 saturated heterocycles. The lowest BCUT2D eigenvalue weighted by Crippen LogP contribution is -2.12. The molecule has 0 amide bonds. The summed E-state index contributed by atoms with van der Waals surface area (Å²) in [6.07, 6.45) is 11.7. The number of hydrogen-bond donors (Lipinski definition) is 0. The summed E-state index contributed by atoms with van der Waals surface area (Å²) in [4.78, 5) is 0. The van der Waals surface area contributed by atoms with E-state index in [0.717, 1.165) is 44.2 Å². The van der Waals surface area contributed by atoms with Crippen molar-refractivity contribution >= 4 is 10.8 Å². The summed E-state index contributed by atoms with van der Waals surface area (Å²) < 4.78 is 55.3. The molecule has 1 aliphatic carbocycles. The van der Waals surface area contributed by atoms with Gasteiger partial charge in [0.2, 0.25) is 0 Å². The van der Waals surface area contributed by atoms with Crippen LogP contribution in [0.15, 0.2) is 42.5 Å². The molecule has 0 radical (unpaired) electrons. The standard InChI is InChI=1S/C31H32F4/c1-2-3-4-5-6-7-21-10-14-24(15-11-21)25-16-12-22(13-17-25)8-9-23-18-26-20-28(33)30(34)31(35)29(26)27(32)19-23/h10-11,14-15,18-20,22,25H,2-7,12-13,16-17H2,1H3. The molecule has 3 aromatic rings. The predicted octanol–water partition coefficient (Wildman–Crippen LogP) is 9.23. The van der Waals surface area contributed by atoms with Crippen molar-refractivity contribution in [2.45, 2.75) is 77.0 Å². The Morgan fingerprint density at radius 3 is 2.20 bits per heavy atom. The summed E-state index contributed by atoms with van der Waals surface area (Å²) in [7, 11) is 0. The Hall–Kier alpha value is -2.80. The molecule has 184 valence electrons. The Balaban J connectivity index is 1.33. The topological polar surface area (TPSA) is 0 Å². The molecule has 4 rings (SSSR count). The highest BCUT2D eigenvalue weighted by atomic mass is 19.2. The van der Waals surface area contributed by atoms with Crippen molar-refractivity contribution in [3.8, 4) is 11.8 Å². The van der Waals surface area contributed by atoms with Gasteiger partial charge in [-0.25, -0.2) is 17.6 Å². The highest BCUT2D eigenvalue weighted by molar-refractivity contribution is 5.85. The zero-order chi connectivity index (χ0) is 24.8. The van der Waals surface area contributed by atoms with Gasteiger partial charge in [0.05, 0.1) is 5.39 Å². The van der Waals surface area contributed by atoms with Crippen molar-refractivity contribution in [3.05, 3.63) is 82.4 Å². The quantitative estimate of drug-likeness (QED) is 0.137. The van der Waals surface area contributed by atoms with Crippen molar-refractivity contribution in [1.29, 1.82) is 0 Å². The van der Waals surface area contributed by atoms with E-state index in [1.165, 1.54) is 49.3 Å². The largest absolute Gasteiger partial charge is 0.206 e. The maximum Gasteiger partial charge on any atom is 0.195 e. The lowest BCUT2D eigenvalue weighted by molar-refractivity contribution is 0.384. The molecule has 0 N–H and O–H groups in total. The summed E-state index contributed by atoms with van der Waals surface area (Å²) in [6, 6.07) is 12.4. The minimum absolute atomic E-state index is 0.0289. The van der Waals surface area contributed by atoms with Crippen LogP contribution < -0.4 is 0 Å². The van der Waals surface area contributed by atoms with Crippen molar-refractivity contribution in [2.24, 2.45) is 5.92 Å². The summed E-state index contributed by atoms with van der Waals surface area (Å²) in [5.41, 5.74) is 3.14. The number of halogens is 4. The molecule has 0 aliphatic heterocycles. The number of unbranched alkanes of at least 4 members (excludes halogenated alkanes) is 4. The molecule has 4 heteroatoms. The second-order valence-corrected chi connectivity index (χ2v) is 9.77. The smallest absolute Gasteiger partial charge is 0.195 e. The van der Waals surface area contributed by atoms with Crippen LogP contribution in [0.1, 0.15) is 87.3 Å². The van der Waals surface area contributed by atoms with Gasteiger partial charge in [-0.05, 0) is 79.2 Å². The zero-order valence-corrected chi connectivity index (χ0v) is 20.3. The van der Waals surface area contributed by atoms with Crippen LogP contribution in [0, 0.1) is 41.0 Å². The molecule has 0 atom stereocenters. The van der Waals surface area contributed by atoms with Crippen LogP contribution in [0.2, 0.25) is 0 Å². The Kier molecular flexibility index (Phi) is 8.50. The van der Waals surface area contributed by atoms with Gasteiger partial charge in [0.1, 0.15) is 5.82 Å². The van der Waals surface area contributed by atoms with Crippen molar-refractivity contribution in [2.75, 3.05) is 0 Å². The van der Waals surface area contributed by atoms with E-state index in [2.05, 4.69) is 43.0 Å². The maximum atomic E-state index is 14.4. The Morgan fingerprint density at radius 1 is 0.771 bits per heavy atom. The van der Waals surface area contributed by atoms with E-state index < -0.39 is 28.7 Å². The first kappa shape index (κ1) is 25.3. The average molecular weight is 481 g/mol. The third kappa shape index (κ3) is 6.26. The molecular formula is C31H32F4. The van der Waals surface area contributed by atoms with Gasteiger partial charge in [0.15, 0.2) is 17.5 Å². The van der Waals surface area contributed by atoms with Crippen LogP contribution in [0.4, 0.5) is 17.6 Å². The molecule has 1 aliphatic rings. The van der Waals surface area contributed by atoms with Crippen LogP contribution in [-0.2, 0) is 6.42 Å². The highest BCUT2D eigenvalue weighted by Gasteiger charge is 2.21. The fourth-order valence-corrected chi connectivity index (χ4v) is 5.11. The SMILES string of the molecule is CCCCCCCc1ccc(C2CCC(C#Cc3cc(F)c4c(F)c(F)c(F)cc4c3)CC2)cc1. The third-order valence-electron chi connectivity index (χ3n) is 7.19. The van der Waals surface area contributed by atoms with Gasteiger partial charge >= 0.3 is 0 Å². The Morgan fingerprint density at radius 2 is 1.49 bits per heavy atom. The van der Waals surface area contributed by atoms with E-state index in [4.69, 9.17) is 0 Å². The first-order valence-corrected chi connectivity index (χ1v) is 12.8. The zero-order valence-electron chi connectivity index (χ0n) is 20.3. The minimum atomic E-state index is -1.66. The molecule has 0 aromatic heterocycles. The van der Waals surface area contributed by atoms with Crippen LogP contribution >= 0.6 is 0 Å². The average Bonchev–Trinajstić information content (AvgIpc) is 2.86. The van der Waals surface area contributed by atoms with E-state index in [9.17, 15) is 17.6 Å². The normalized spacial score (nSPS) is 17.9. The fraction of sp³-hybridized carbons (Fsp3) is 0.419. The predicted molar refractivity (Wildman–Crippen MR) is 134 cm³/mol. The molecule has 0 nitrogen and oxygen atoms in total. The fourth-order valence-electron chi connectivity index (χ4n) is 5.11. The molecule has 0 bridgehead atoms. The lowest BCUT2D eigenvalue weighted by Gasteiger charge is -2.26. The maximum absolute atomic E-state index is 14.4. The van der Waals surface area contributed by atoms with Gasteiger partial charge in [-0.15, -0.1) is 0 Å². The molecule has 35 heavy (non-hydrogen) atoms. The number of fused-ring (bicyclic) bond motifs is 1. The second kappa shape index (κ2) is 11.8. The van der Waals surface area contributed by atoms with Crippen molar-refractivity contribution in [1.82, 2.24) is 0 Å². The first-order valence-electron chi connectivity index (χ1n) is 12.8. The lowest BCUT2D eigenvalue weighted by atomic mass is 9.78. The van der Waals surface area contributed by atoms with Gasteiger partial charge in [-0.1, -0.05) is 68.7 Å². The van der Waals surface area contributed by atoms with Crippen LogP contribution in [0.25, 0.3) is 10.8 Å². The first-order chi connectivity index (χ1) is 17.0. The van der Waals surface area contributed by atoms with Crippen LogP contribution in [0.5, 0.6) is 0 Å². The number of aryl methyl sites for hydroxylation is 1. The van der Waals surface area contributed by atoms with E-state index in [1.807, 2.05) is 0 Å². The van der Waals surface area contributed by atoms with Gasteiger partial charge < -0.3 is 0 Å². The number of rotatable bonds is 7. The van der Waals surface area contributed by atoms with E-state index in [0.29, 0.717) is 11.5 Å². The summed E-state index contributed by atoms with van der Waals surface area (Å²) >= 11 is 0. The molecule has 0 heterocycles. The minimum Gasteiger partial charge on any atom is -0.206 e. The molecule has 1 fully saturated rings. The molecular weight excluding hydrogens is 448 g/mol. The molecule has 1 saturated carbocycles. The highest BCUT2D eigenvalue weighted by Crippen LogP contribution is 2.36. The van der Waals surface area contributed by atoms with E-state index >= 15 is 0 Å². The van der Waals surface area contributed by atoms with Crippen LogP contribution in [-0.4, -0.2) is 0 Å². The van der Waals surface area contributed by atoms with E-state index in [1.54, 1.807) is 0 Å². The van der Waals surface area contributed by atoms with Crippen molar-refractivity contribution < 1.29 is 17.6 Å². The Bertz CT molecular complexity index is 1210. The molecule has 0 spiro atoms. The summed E-state index contributed by atoms with van der Waals surface area (Å²) in [5.74, 6) is 1.48. The number of hydrogen-bond acceptors (Lipinski definition) is 0. The van der Waals surface area contributed by atoms with Gasteiger partial charge in [0.25, 0.3) is 0 Å². The van der Waals surface area contributed by atoms with Crippen LogP contribution in [0.3, 0.4) is 0 Å². The summed E-state index contributed by atoms with van der Waals surface area (Å²) in [5, 5.41) is -0.573. The van der Waals surface area contributed by atoms with Gasteiger partial charge in [-0.3, -0.25) is 0 Å². The molecule has 3 aromatic carbocycles. The number of benzene rings is 3. The second-order valence-electron chi connectivity index (χ2n) is 9.77. The van der Waals surface area contributed by atoms with Gasteiger partial charge in [0, 0.05) is 11.5 Å². The monoisotopic (exact) mass is 480 g/mol. The third-order valence-corrected chi connectivity index (χ3v) is 7.19. The van der Waals surface area contributed by atoms with Gasteiger partial charge in [-0.2, -0.15) is 0 Å².